The number of amides is 1. The van der Waals surface area contributed by atoms with Gasteiger partial charge in [-0.25, -0.2) is 14.5 Å². The third-order valence-electron chi connectivity index (χ3n) is 10.4. The lowest BCUT2D eigenvalue weighted by Crippen LogP contribution is -2.45. The molecule has 1 atom stereocenters. The molecule has 3 aromatic heterocycles. The SMILES string of the molecule is COc1cc(-n2cnc(Nc3nc(N4CCC[C@H]4CO[Si](C)(C)C(C)(C)C)c4c(C)nn(C5CC(NC(=O)O)C5)c4n3)c2)cc(OC)c1OC. The fourth-order valence-electron chi connectivity index (χ4n) is 6.45. The van der Waals surface area contributed by atoms with Crippen LogP contribution in [-0.4, -0.2) is 95.4 Å². The quantitative estimate of drug-likeness (QED) is 0.146. The molecule has 1 amide bonds. The number of imidazole rings is 1. The minimum atomic E-state index is -1.97. The highest BCUT2D eigenvalue weighted by atomic mass is 28.4. The van der Waals surface area contributed by atoms with E-state index >= 15 is 0 Å². The number of hydrogen-bond donors (Lipinski definition) is 3. The van der Waals surface area contributed by atoms with Crippen LogP contribution in [0.2, 0.25) is 18.1 Å². The second-order valence-corrected chi connectivity index (χ2v) is 19.4. The molecule has 0 bridgehead atoms. The van der Waals surface area contributed by atoms with Crippen LogP contribution in [0.25, 0.3) is 16.7 Å². The van der Waals surface area contributed by atoms with Crippen molar-refractivity contribution < 1.29 is 28.5 Å². The molecule has 2 fully saturated rings. The minimum Gasteiger partial charge on any atom is -0.493 e. The van der Waals surface area contributed by atoms with E-state index in [4.69, 9.17) is 33.7 Å². The topological polar surface area (TPSA) is 163 Å². The number of benzene rings is 1. The first-order chi connectivity index (χ1) is 23.7. The number of anilines is 3. The maximum Gasteiger partial charge on any atom is 0.404 e. The van der Waals surface area contributed by atoms with E-state index in [0.29, 0.717) is 54.1 Å². The second kappa shape index (κ2) is 13.6. The number of hydrogen-bond acceptors (Lipinski definition) is 11. The lowest BCUT2D eigenvalue weighted by Gasteiger charge is -2.38. The summed E-state index contributed by atoms with van der Waals surface area (Å²) < 4.78 is 27.1. The molecule has 15 nitrogen and oxygen atoms in total. The highest BCUT2D eigenvalue weighted by molar-refractivity contribution is 6.74. The Labute approximate surface area is 293 Å². The van der Waals surface area contributed by atoms with Gasteiger partial charge in [0.25, 0.3) is 0 Å². The van der Waals surface area contributed by atoms with Crippen LogP contribution in [0.1, 0.15) is 58.2 Å². The van der Waals surface area contributed by atoms with Crippen LogP contribution < -0.4 is 29.7 Å². The number of fused-ring (bicyclic) bond motifs is 1. The zero-order valence-electron chi connectivity index (χ0n) is 30.4. The third-order valence-corrected chi connectivity index (χ3v) is 14.9. The van der Waals surface area contributed by atoms with Crippen molar-refractivity contribution in [3.05, 3.63) is 30.4 Å². The summed E-state index contributed by atoms with van der Waals surface area (Å²) in [6.07, 6.45) is 5.81. The Morgan fingerprint density at radius 1 is 1.08 bits per heavy atom. The van der Waals surface area contributed by atoms with Crippen molar-refractivity contribution in [1.82, 2.24) is 34.6 Å². The van der Waals surface area contributed by atoms with Gasteiger partial charge < -0.3 is 43.8 Å². The van der Waals surface area contributed by atoms with Gasteiger partial charge in [-0.15, -0.1) is 0 Å². The zero-order valence-corrected chi connectivity index (χ0v) is 31.4. The molecule has 50 heavy (non-hydrogen) atoms. The Morgan fingerprint density at radius 2 is 1.78 bits per heavy atom. The largest absolute Gasteiger partial charge is 0.493 e. The Kier molecular flexibility index (Phi) is 9.61. The van der Waals surface area contributed by atoms with Gasteiger partial charge in [0.05, 0.1) is 63.0 Å². The van der Waals surface area contributed by atoms with E-state index in [-0.39, 0.29) is 23.2 Å². The van der Waals surface area contributed by atoms with E-state index in [1.807, 2.05) is 34.5 Å². The predicted octanol–water partition coefficient (Wildman–Crippen LogP) is 6.05. The Hall–Kier alpha value is -4.57. The summed E-state index contributed by atoms with van der Waals surface area (Å²) >= 11 is 0. The van der Waals surface area contributed by atoms with Crippen molar-refractivity contribution in [3.8, 4) is 22.9 Å². The van der Waals surface area contributed by atoms with Crippen LogP contribution in [0.4, 0.5) is 22.4 Å². The average molecular weight is 708 g/mol. The highest BCUT2D eigenvalue weighted by Gasteiger charge is 2.40. The van der Waals surface area contributed by atoms with Crippen molar-refractivity contribution in [3.63, 3.8) is 0 Å². The molecule has 270 valence electrons. The number of ether oxygens (including phenoxy) is 3. The van der Waals surface area contributed by atoms with Crippen molar-refractivity contribution in [2.75, 3.05) is 44.7 Å². The third kappa shape index (κ3) is 6.77. The molecule has 0 unspecified atom stereocenters. The molecule has 4 aromatic rings. The fourth-order valence-corrected chi connectivity index (χ4v) is 7.49. The molecule has 1 aliphatic heterocycles. The van der Waals surface area contributed by atoms with Gasteiger partial charge in [-0.2, -0.15) is 15.1 Å². The predicted molar refractivity (Wildman–Crippen MR) is 193 cm³/mol. The summed E-state index contributed by atoms with van der Waals surface area (Å²) in [7, 11) is 2.76. The first-order valence-electron chi connectivity index (χ1n) is 17.0. The molecule has 1 aliphatic carbocycles. The van der Waals surface area contributed by atoms with Crippen LogP contribution in [-0.2, 0) is 4.43 Å². The molecule has 0 radical (unpaired) electrons. The molecule has 1 saturated heterocycles. The Balaban J connectivity index is 1.36. The van der Waals surface area contributed by atoms with Crippen LogP contribution >= 0.6 is 0 Å². The summed E-state index contributed by atoms with van der Waals surface area (Å²) in [6.45, 7) is 14.8. The summed E-state index contributed by atoms with van der Waals surface area (Å²) in [4.78, 5) is 28.3. The normalized spacial score (nSPS) is 19.4. The van der Waals surface area contributed by atoms with E-state index < -0.39 is 14.4 Å². The lowest BCUT2D eigenvalue weighted by molar-refractivity contribution is 0.165. The fraction of sp³-hybridized carbons (Fsp3) is 0.559. The van der Waals surface area contributed by atoms with E-state index in [1.165, 1.54) is 0 Å². The smallest absolute Gasteiger partial charge is 0.404 e. The van der Waals surface area contributed by atoms with Gasteiger partial charge in [0.15, 0.2) is 31.3 Å². The maximum atomic E-state index is 11.3. The number of aromatic nitrogens is 6. The molecule has 1 saturated carbocycles. The summed E-state index contributed by atoms with van der Waals surface area (Å²) in [5.41, 5.74) is 2.30. The average Bonchev–Trinajstić information content (AvgIpc) is 3.79. The molecule has 16 heteroatoms. The number of carboxylic acid groups (broad SMARTS) is 1. The molecule has 4 heterocycles. The molecule has 0 spiro atoms. The molecular weight excluding hydrogens is 659 g/mol. The first kappa shape index (κ1) is 35.3. The highest BCUT2D eigenvalue weighted by Crippen LogP contribution is 2.42. The minimum absolute atomic E-state index is 0.00850. The van der Waals surface area contributed by atoms with E-state index in [2.05, 4.69) is 54.4 Å². The van der Waals surface area contributed by atoms with Gasteiger partial charge in [0.1, 0.15) is 12.1 Å². The maximum absolute atomic E-state index is 11.3. The van der Waals surface area contributed by atoms with Crippen LogP contribution in [0.5, 0.6) is 17.2 Å². The molecular formula is C34H49N9O6Si. The van der Waals surface area contributed by atoms with Gasteiger partial charge in [0, 0.05) is 24.7 Å². The van der Waals surface area contributed by atoms with Gasteiger partial charge in [0.2, 0.25) is 11.7 Å². The van der Waals surface area contributed by atoms with E-state index in [1.54, 1.807) is 27.7 Å². The molecule has 6 rings (SSSR count). The van der Waals surface area contributed by atoms with Crippen LogP contribution in [0, 0.1) is 6.92 Å². The standard InChI is InChI=1S/C34H49N9O6Si/c1-20-28-30(42-12-10-11-22(42)18-49-50(8,9)34(2,3)4)38-32(39-31(28)43(40-20)24-13-21(14-24)36-33(44)45)37-27-17-41(19-35-27)23-15-25(46-5)29(48-7)26(16-23)47-6/h15-17,19,21-22,24,36H,10-14,18H2,1-9H3,(H,44,45)(H,37,38,39)/t21?,22-,24?/m0/s1. The number of methoxy groups -OCH3 is 3. The van der Waals surface area contributed by atoms with Crippen molar-refractivity contribution in [2.24, 2.45) is 0 Å². The van der Waals surface area contributed by atoms with Crippen molar-refractivity contribution in [2.45, 2.75) is 89.6 Å². The second-order valence-electron chi connectivity index (χ2n) is 14.6. The van der Waals surface area contributed by atoms with Gasteiger partial charge in [-0.3, -0.25) is 0 Å². The van der Waals surface area contributed by atoms with Crippen molar-refractivity contribution >= 4 is 43.0 Å². The molecule has 2 aliphatic rings. The first-order valence-corrected chi connectivity index (χ1v) is 19.9. The Bertz CT molecular complexity index is 1840. The van der Waals surface area contributed by atoms with Gasteiger partial charge in [-0.05, 0) is 50.7 Å². The summed E-state index contributed by atoms with van der Waals surface area (Å²) in [5.74, 6) is 3.30. The number of aryl methyl sites for hydroxylation is 1. The number of nitrogens with one attached hydrogen (secondary N) is 2. The molecule has 3 N–H and O–H groups in total. The monoisotopic (exact) mass is 707 g/mol. The van der Waals surface area contributed by atoms with E-state index in [0.717, 1.165) is 42.0 Å². The van der Waals surface area contributed by atoms with E-state index in [9.17, 15) is 9.90 Å². The summed E-state index contributed by atoms with van der Waals surface area (Å²) in [5, 5.41) is 21.1. The number of carbonyl (C=O) groups is 1. The molecule has 1 aromatic carbocycles. The van der Waals surface area contributed by atoms with Crippen molar-refractivity contribution in [1.29, 1.82) is 0 Å². The van der Waals surface area contributed by atoms with Gasteiger partial charge >= 0.3 is 6.09 Å². The Morgan fingerprint density at radius 3 is 2.40 bits per heavy atom. The zero-order chi connectivity index (χ0) is 36.0. The number of rotatable bonds is 12. The van der Waals surface area contributed by atoms with Crippen LogP contribution in [0.3, 0.4) is 0 Å². The summed E-state index contributed by atoms with van der Waals surface area (Å²) in [6, 6.07) is 3.74. The van der Waals surface area contributed by atoms with Gasteiger partial charge in [-0.1, -0.05) is 20.8 Å². The lowest BCUT2D eigenvalue weighted by atomic mass is 9.87. The number of nitrogens with zero attached hydrogens (tertiary/aromatic N) is 7. The van der Waals surface area contributed by atoms with Crippen LogP contribution in [0.15, 0.2) is 24.7 Å².